The minimum absolute atomic E-state index is 0.859. The molecule has 0 bridgehead atoms. The van der Waals surface area contributed by atoms with E-state index in [2.05, 4.69) is 34.6 Å². The van der Waals surface area contributed by atoms with E-state index in [1.54, 1.807) is 0 Å². The Morgan fingerprint density at radius 3 is 1.25 bits per heavy atom. The molecule has 3 heteroatoms. The third-order valence-corrected chi connectivity index (χ3v) is 13.6. The zero-order valence-corrected chi connectivity index (χ0v) is 19.1. The molecular weight excluding hydrogens is 332 g/mol. The zero-order chi connectivity index (χ0) is 18.3. The van der Waals surface area contributed by atoms with Gasteiger partial charge in [-0.3, -0.25) is 0 Å². The quantitative estimate of drug-likeness (QED) is 0.178. The average Bonchev–Trinajstić information content (AvgIpc) is 2.61. The van der Waals surface area contributed by atoms with Gasteiger partial charge in [-0.15, -0.1) is 12.6 Å². The second-order valence-electron chi connectivity index (χ2n) is 7.50. The molecule has 0 saturated heterocycles. The van der Waals surface area contributed by atoms with Gasteiger partial charge in [0, 0.05) is 0 Å². The monoisotopic (exact) mass is 378 g/mol. The maximum Gasteiger partial charge on any atom is 0.116 e. The number of rotatable bonds is 15. The van der Waals surface area contributed by atoms with Crippen molar-refractivity contribution in [2.75, 3.05) is 29.6 Å². The molecular formula is C21H46OS2. The molecule has 24 heavy (non-hydrogen) atoms. The molecule has 0 heterocycles. The normalized spacial score (nSPS) is 13.7. The van der Waals surface area contributed by atoms with Gasteiger partial charge in [0.25, 0.3) is 0 Å². The van der Waals surface area contributed by atoms with Crippen LogP contribution in [0, 0.1) is 0 Å². The van der Waals surface area contributed by atoms with Crippen LogP contribution in [0.25, 0.3) is 0 Å². The van der Waals surface area contributed by atoms with Crippen molar-refractivity contribution in [1.82, 2.24) is 0 Å². The van der Waals surface area contributed by atoms with Gasteiger partial charge in [-0.05, 0) is 55.1 Å². The van der Waals surface area contributed by atoms with Crippen molar-refractivity contribution in [2.24, 2.45) is 0 Å². The van der Waals surface area contributed by atoms with Crippen molar-refractivity contribution in [2.45, 2.75) is 98.8 Å². The van der Waals surface area contributed by atoms with Crippen LogP contribution < -0.4 is 0 Å². The lowest BCUT2D eigenvalue weighted by atomic mass is 10.4. The molecule has 0 aliphatic rings. The van der Waals surface area contributed by atoms with Crippen molar-refractivity contribution in [3.05, 3.63) is 0 Å². The number of hydrogen-bond donors (Lipinski definition) is 1. The van der Waals surface area contributed by atoms with Gasteiger partial charge < -0.3 is 4.74 Å². The third kappa shape index (κ3) is 7.41. The van der Waals surface area contributed by atoms with Crippen LogP contribution in [0.5, 0.6) is 0 Å². The minimum atomic E-state index is -1.71. The van der Waals surface area contributed by atoms with Crippen LogP contribution in [0.3, 0.4) is 0 Å². The van der Waals surface area contributed by atoms with E-state index in [1.807, 2.05) is 0 Å². The Balaban J connectivity index is 5.94. The van der Waals surface area contributed by atoms with Gasteiger partial charge in [0.2, 0.25) is 0 Å². The molecule has 0 radical (unpaired) electrons. The molecule has 0 atom stereocenters. The molecule has 0 rings (SSSR count). The van der Waals surface area contributed by atoms with Crippen molar-refractivity contribution in [3.63, 3.8) is 0 Å². The highest BCUT2D eigenvalue weighted by Crippen LogP contribution is 2.63. The molecule has 1 nitrogen and oxygen atoms in total. The average molecular weight is 379 g/mol. The summed E-state index contributed by atoms with van der Waals surface area (Å²) in [6, 6.07) is 0. The van der Waals surface area contributed by atoms with Crippen LogP contribution in [-0.2, 0) is 4.74 Å². The van der Waals surface area contributed by atoms with Crippen LogP contribution >= 0.6 is 21.4 Å². The number of thiol groups is 1. The molecule has 0 aromatic carbocycles. The van der Waals surface area contributed by atoms with E-state index < -0.39 is 8.75 Å². The summed E-state index contributed by atoms with van der Waals surface area (Å²) < 4.78 is 7.55. The molecule has 0 spiro atoms. The number of ether oxygens (including phenoxy) is 1. The first kappa shape index (κ1) is 24.5. The lowest BCUT2D eigenvalue weighted by Crippen LogP contribution is -2.31. The minimum Gasteiger partial charge on any atom is -0.336 e. The molecule has 0 N–H and O–H groups in total. The third-order valence-electron chi connectivity index (χ3n) is 5.35. The van der Waals surface area contributed by atoms with Crippen molar-refractivity contribution in [1.29, 1.82) is 0 Å². The summed E-state index contributed by atoms with van der Waals surface area (Å²) in [4.78, 5) is 0. The van der Waals surface area contributed by atoms with Gasteiger partial charge in [0.1, 0.15) is 4.38 Å². The number of hydrogen-bond acceptors (Lipinski definition) is 1. The molecule has 0 unspecified atom stereocenters. The largest absolute Gasteiger partial charge is 0.336 e. The highest BCUT2D eigenvalue weighted by atomic mass is 32.3. The fraction of sp³-hybridized carbons (Fsp3) is 0.952. The summed E-state index contributed by atoms with van der Waals surface area (Å²) in [6.45, 7) is 12.4. The Bertz CT molecular complexity index is 321. The molecule has 0 aliphatic carbocycles. The van der Waals surface area contributed by atoms with Gasteiger partial charge in [0.15, 0.2) is 0 Å². The lowest BCUT2D eigenvalue weighted by molar-refractivity contribution is 0.312. The van der Waals surface area contributed by atoms with E-state index >= 15 is 0 Å². The summed E-state index contributed by atoms with van der Waals surface area (Å²) in [6.07, 6.45) is 12.8. The van der Waals surface area contributed by atoms with Crippen molar-refractivity contribution >= 4 is 25.8 Å². The number of unbranched alkanes of at least 4 members (excludes halogenated alkanes) is 5. The second-order valence-corrected chi connectivity index (χ2v) is 13.8. The van der Waals surface area contributed by atoms with Crippen molar-refractivity contribution in [3.8, 4) is 0 Å². The molecule has 148 valence electrons. The van der Waals surface area contributed by atoms with E-state index in [-0.39, 0.29) is 0 Å². The van der Waals surface area contributed by atoms with Crippen LogP contribution in [0.15, 0.2) is 0 Å². The summed E-state index contributed by atoms with van der Waals surface area (Å²) in [5.74, 6) is 5.44. The molecule has 0 amide bonds. The van der Waals surface area contributed by atoms with Gasteiger partial charge >= 0.3 is 0 Å². The van der Waals surface area contributed by atoms with E-state index in [4.69, 9.17) is 17.4 Å². The predicted octanol–water partition coefficient (Wildman–Crippen LogP) is 7.36. The molecule has 0 fully saturated rings. The first-order chi connectivity index (χ1) is 11.5. The van der Waals surface area contributed by atoms with Crippen LogP contribution in [0.2, 0.25) is 0 Å². The first-order valence-corrected chi connectivity index (χ1v) is 13.8. The second kappa shape index (κ2) is 13.7. The smallest absolute Gasteiger partial charge is 0.116 e. The lowest BCUT2D eigenvalue weighted by Gasteiger charge is -2.52. The Labute approximate surface area is 159 Å². The SMILES string of the molecule is CCCCOC(S)=S(CCCC)(CCCC)(CCCC)CCCC. The maximum absolute atomic E-state index is 6.37. The summed E-state index contributed by atoms with van der Waals surface area (Å²) in [7, 11) is -1.71. The van der Waals surface area contributed by atoms with Crippen LogP contribution in [0.1, 0.15) is 98.8 Å². The van der Waals surface area contributed by atoms with E-state index in [1.165, 1.54) is 85.2 Å². The summed E-state index contributed by atoms with van der Waals surface area (Å²) in [5.41, 5.74) is 0. The topological polar surface area (TPSA) is 9.23 Å². The fourth-order valence-corrected chi connectivity index (χ4v) is 11.2. The molecule has 0 aliphatic heterocycles. The molecule has 0 aromatic rings. The standard InChI is InChI=1S/C21H46OS2/c1-6-11-16-22-21(23)24(17-12-7-2,18-13-8-3,19-14-9-4)20-15-10-5/h23H,6-20H2,1-5H3. The van der Waals surface area contributed by atoms with Crippen LogP contribution in [0.4, 0.5) is 0 Å². The van der Waals surface area contributed by atoms with E-state index in [9.17, 15) is 0 Å². The predicted molar refractivity (Wildman–Crippen MR) is 122 cm³/mol. The van der Waals surface area contributed by atoms with Gasteiger partial charge in [-0.2, -0.15) is 0 Å². The Morgan fingerprint density at radius 2 is 0.958 bits per heavy atom. The highest BCUT2D eigenvalue weighted by Gasteiger charge is 2.35. The Kier molecular flexibility index (Phi) is 14.0. The van der Waals surface area contributed by atoms with Crippen molar-refractivity contribution < 1.29 is 4.74 Å². The zero-order valence-electron chi connectivity index (χ0n) is 17.4. The molecule has 0 saturated carbocycles. The molecule has 0 aromatic heterocycles. The van der Waals surface area contributed by atoms with E-state index in [0.29, 0.717) is 0 Å². The van der Waals surface area contributed by atoms with Gasteiger partial charge in [-0.25, -0.2) is 8.75 Å². The summed E-state index contributed by atoms with van der Waals surface area (Å²) >= 11 is 5.10. The Morgan fingerprint density at radius 1 is 0.625 bits per heavy atom. The van der Waals surface area contributed by atoms with Gasteiger partial charge in [0.05, 0.1) is 6.61 Å². The maximum atomic E-state index is 6.37. The summed E-state index contributed by atoms with van der Waals surface area (Å²) in [5, 5.41) is 0. The van der Waals surface area contributed by atoms with E-state index in [0.717, 1.165) is 13.0 Å². The first-order valence-electron chi connectivity index (χ1n) is 10.6. The Hall–Kier alpha value is 0.530. The fourth-order valence-electron chi connectivity index (χ4n) is 3.52. The van der Waals surface area contributed by atoms with Crippen LogP contribution in [-0.4, -0.2) is 34.0 Å². The highest BCUT2D eigenvalue weighted by molar-refractivity contribution is 8.52. The van der Waals surface area contributed by atoms with Gasteiger partial charge in [-0.1, -0.05) is 66.7 Å².